The number of aromatic nitrogens is 2. The van der Waals surface area contributed by atoms with Crippen molar-refractivity contribution < 1.29 is 14.3 Å². The third-order valence-electron chi connectivity index (χ3n) is 5.51. The summed E-state index contributed by atoms with van der Waals surface area (Å²) in [6.45, 7) is 6.02. The molecule has 2 aromatic carbocycles. The Morgan fingerprint density at radius 1 is 1.19 bits per heavy atom. The number of carbonyl (C=O) groups is 2. The SMILES string of the molecule is CC(C)(CC1CNCCO1)C(=O)Nc1cccc(C(=O)c2ccc3ncc(Cl)nc3c2)c1. The van der Waals surface area contributed by atoms with Crippen molar-refractivity contribution in [3.05, 3.63) is 64.9 Å². The maximum absolute atomic E-state index is 13.1. The van der Waals surface area contributed by atoms with Crippen LogP contribution in [0.25, 0.3) is 11.0 Å². The lowest BCUT2D eigenvalue weighted by molar-refractivity contribution is -0.126. The molecule has 7 nitrogen and oxygen atoms in total. The smallest absolute Gasteiger partial charge is 0.230 e. The lowest BCUT2D eigenvalue weighted by Gasteiger charge is -2.31. The highest BCUT2D eigenvalue weighted by Gasteiger charge is 2.32. The first-order chi connectivity index (χ1) is 15.3. The highest BCUT2D eigenvalue weighted by atomic mass is 35.5. The second-order valence-electron chi connectivity index (χ2n) is 8.55. The first kappa shape index (κ1) is 22.3. The molecule has 0 spiro atoms. The van der Waals surface area contributed by atoms with E-state index in [1.54, 1.807) is 42.5 Å². The van der Waals surface area contributed by atoms with Gasteiger partial charge in [-0.05, 0) is 36.8 Å². The van der Waals surface area contributed by atoms with Gasteiger partial charge >= 0.3 is 0 Å². The van der Waals surface area contributed by atoms with Gasteiger partial charge in [0.1, 0.15) is 5.15 Å². The van der Waals surface area contributed by atoms with Crippen LogP contribution in [0.5, 0.6) is 0 Å². The van der Waals surface area contributed by atoms with Gasteiger partial charge in [0.2, 0.25) is 5.91 Å². The van der Waals surface area contributed by atoms with E-state index in [-0.39, 0.29) is 22.9 Å². The number of morpholine rings is 1. The third kappa shape index (κ3) is 5.12. The molecule has 166 valence electrons. The first-order valence-electron chi connectivity index (χ1n) is 10.5. The Morgan fingerprint density at radius 3 is 2.78 bits per heavy atom. The molecule has 1 amide bonds. The van der Waals surface area contributed by atoms with E-state index in [1.165, 1.54) is 6.20 Å². The molecule has 0 aliphatic carbocycles. The summed E-state index contributed by atoms with van der Waals surface area (Å²) in [5.74, 6) is -0.294. The van der Waals surface area contributed by atoms with Crippen LogP contribution in [0, 0.1) is 5.41 Å². The first-order valence-corrected chi connectivity index (χ1v) is 10.9. The van der Waals surface area contributed by atoms with Gasteiger partial charge in [0.25, 0.3) is 0 Å². The second-order valence-corrected chi connectivity index (χ2v) is 8.93. The maximum Gasteiger partial charge on any atom is 0.230 e. The predicted octanol–water partition coefficient (Wildman–Crippen LogP) is 3.86. The van der Waals surface area contributed by atoms with Crippen molar-refractivity contribution >= 4 is 40.0 Å². The molecule has 3 aromatic rings. The van der Waals surface area contributed by atoms with Crippen molar-refractivity contribution in [1.29, 1.82) is 0 Å². The van der Waals surface area contributed by atoms with E-state index >= 15 is 0 Å². The van der Waals surface area contributed by atoms with Crippen molar-refractivity contribution in [2.45, 2.75) is 26.4 Å². The van der Waals surface area contributed by atoms with E-state index < -0.39 is 5.41 Å². The topological polar surface area (TPSA) is 93.2 Å². The summed E-state index contributed by atoms with van der Waals surface area (Å²) in [5, 5.41) is 6.50. The van der Waals surface area contributed by atoms with Gasteiger partial charge in [-0.3, -0.25) is 14.6 Å². The quantitative estimate of drug-likeness (QED) is 0.552. The predicted molar refractivity (Wildman–Crippen MR) is 124 cm³/mol. The molecule has 2 N–H and O–H groups in total. The summed E-state index contributed by atoms with van der Waals surface area (Å²) < 4.78 is 5.75. The van der Waals surface area contributed by atoms with Crippen LogP contribution >= 0.6 is 11.6 Å². The average Bonchev–Trinajstić information content (AvgIpc) is 2.78. The van der Waals surface area contributed by atoms with Crippen LogP contribution in [0.15, 0.2) is 48.7 Å². The maximum atomic E-state index is 13.1. The number of nitrogens with zero attached hydrogens (tertiary/aromatic N) is 2. The van der Waals surface area contributed by atoms with Crippen LogP contribution < -0.4 is 10.6 Å². The van der Waals surface area contributed by atoms with E-state index in [2.05, 4.69) is 20.6 Å². The number of ketones is 1. The van der Waals surface area contributed by atoms with Gasteiger partial charge in [-0.25, -0.2) is 4.98 Å². The van der Waals surface area contributed by atoms with Crippen LogP contribution in [0.1, 0.15) is 36.2 Å². The number of amides is 1. The van der Waals surface area contributed by atoms with Gasteiger partial charge in [-0.2, -0.15) is 0 Å². The summed E-state index contributed by atoms with van der Waals surface area (Å²) >= 11 is 5.92. The molecule has 0 saturated carbocycles. The minimum atomic E-state index is -0.625. The number of fused-ring (bicyclic) bond motifs is 1. The summed E-state index contributed by atoms with van der Waals surface area (Å²) in [6, 6.07) is 12.0. The van der Waals surface area contributed by atoms with Crippen molar-refractivity contribution in [1.82, 2.24) is 15.3 Å². The molecule has 1 aliphatic rings. The van der Waals surface area contributed by atoms with Crippen molar-refractivity contribution in [3.63, 3.8) is 0 Å². The van der Waals surface area contributed by atoms with Gasteiger partial charge in [0, 0.05) is 35.3 Å². The summed E-state index contributed by atoms with van der Waals surface area (Å²) in [6.07, 6.45) is 2.07. The zero-order chi connectivity index (χ0) is 22.7. The summed E-state index contributed by atoms with van der Waals surface area (Å²) in [5.41, 5.74) is 2.09. The molecule has 1 aliphatic heterocycles. The fourth-order valence-corrected chi connectivity index (χ4v) is 3.89. The number of anilines is 1. The molecule has 1 fully saturated rings. The fraction of sp³-hybridized carbons (Fsp3) is 0.333. The highest BCUT2D eigenvalue weighted by Crippen LogP contribution is 2.27. The summed E-state index contributed by atoms with van der Waals surface area (Å²) in [4.78, 5) is 34.4. The minimum Gasteiger partial charge on any atom is -0.376 e. The Bertz CT molecular complexity index is 1160. The number of ether oxygens (including phenoxy) is 1. The van der Waals surface area contributed by atoms with Crippen LogP contribution in [0.3, 0.4) is 0 Å². The molecule has 32 heavy (non-hydrogen) atoms. The number of hydrogen-bond donors (Lipinski definition) is 2. The standard InChI is InChI=1S/C24H25ClN4O3/c1-24(2,12-18-13-26-8-9-32-18)23(31)28-17-5-3-4-15(10-17)22(30)16-6-7-19-20(11-16)29-21(25)14-27-19/h3-7,10-11,14,18,26H,8-9,12-13H2,1-2H3,(H,28,31). The molecule has 0 radical (unpaired) electrons. The monoisotopic (exact) mass is 452 g/mol. The molecule has 2 heterocycles. The Labute approximate surface area is 191 Å². The number of carbonyl (C=O) groups excluding carboxylic acids is 2. The van der Waals surface area contributed by atoms with Gasteiger partial charge in [-0.15, -0.1) is 0 Å². The van der Waals surface area contributed by atoms with Crippen LogP contribution in [-0.2, 0) is 9.53 Å². The van der Waals surface area contributed by atoms with Crippen molar-refractivity contribution in [2.75, 3.05) is 25.0 Å². The van der Waals surface area contributed by atoms with Crippen LogP contribution in [-0.4, -0.2) is 47.5 Å². The molecule has 1 atom stereocenters. The average molecular weight is 453 g/mol. The van der Waals surface area contributed by atoms with E-state index in [4.69, 9.17) is 16.3 Å². The van der Waals surface area contributed by atoms with Crippen molar-refractivity contribution in [2.24, 2.45) is 5.41 Å². The number of benzene rings is 2. The zero-order valence-electron chi connectivity index (χ0n) is 18.0. The minimum absolute atomic E-state index is 0.00178. The Hall–Kier alpha value is -2.87. The lowest BCUT2D eigenvalue weighted by Crippen LogP contribution is -2.43. The zero-order valence-corrected chi connectivity index (χ0v) is 18.8. The molecule has 1 saturated heterocycles. The number of rotatable bonds is 6. The van der Waals surface area contributed by atoms with E-state index in [9.17, 15) is 9.59 Å². The van der Waals surface area contributed by atoms with E-state index in [0.29, 0.717) is 40.9 Å². The van der Waals surface area contributed by atoms with Gasteiger partial charge < -0.3 is 15.4 Å². The van der Waals surface area contributed by atoms with Gasteiger partial charge in [0.15, 0.2) is 5.78 Å². The second kappa shape index (κ2) is 9.32. The van der Waals surface area contributed by atoms with Crippen LogP contribution in [0.4, 0.5) is 5.69 Å². The molecule has 4 rings (SSSR count). The van der Waals surface area contributed by atoms with E-state index in [1.807, 2.05) is 13.8 Å². The fourth-order valence-electron chi connectivity index (χ4n) is 3.75. The Kier molecular flexibility index (Phi) is 6.50. The van der Waals surface area contributed by atoms with Crippen LogP contribution in [0.2, 0.25) is 5.15 Å². The molecule has 1 aromatic heterocycles. The Morgan fingerprint density at radius 2 is 2.00 bits per heavy atom. The van der Waals surface area contributed by atoms with Gasteiger partial charge in [0.05, 0.1) is 29.9 Å². The van der Waals surface area contributed by atoms with Crippen molar-refractivity contribution in [3.8, 4) is 0 Å². The normalized spacial score (nSPS) is 16.7. The molecular formula is C24H25ClN4O3. The molecular weight excluding hydrogens is 428 g/mol. The number of halogens is 1. The molecule has 8 heteroatoms. The van der Waals surface area contributed by atoms with Gasteiger partial charge in [-0.1, -0.05) is 37.6 Å². The number of nitrogens with one attached hydrogen (secondary N) is 2. The summed E-state index contributed by atoms with van der Waals surface area (Å²) in [7, 11) is 0. The molecule has 1 unspecified atom stereocenters. The highest BCUT2D eigenvalue weighted by molar-refractivity contribution is 6.29. The van der Waals surface area contributed by atoms with E-state index in [0.717, 1.165) is 13.1 Å². The largest absolute Gasteiger partial charge is 0.376 e. The third-order valence-corrected chi connectivity index (χ3v) is 5.70. The Balaban J connectivity index is 1.49. The molecule has 0 bridgehead atoms. The number of hydrogen-bond acceptors (Lipinski definition) is 6. The lowest BCUT2D eigenvalue weighted by atomic mass is 9.85.